The molecule has 4 aromatic heterocycles. The van der Waals surface area contributed by atoms with Gasteiger partial charge in [-0.15, -0.1) is 0 Å². The fourth-order valence-electron chi connectivity index (χ4n) is 8.63. The average Bonchev–Trinajstić information content (AvgIpc) is 3.87. The summed E-state index contributed by atoms with van der Waals surface area (Å²) in [6.45, 7) is 0. The van der Waals surface area contributed by atoms with Gasteiger partial charge in [0, 0.05) is 49.5 Å². The molecule has 0 bridgehead atoms. The molecule has 280 valence electrons. The van der Waals surface area contributed by atoms with Crippen LogP contribution >= 0.6 is 0 Å². The summed E-state index contributed by atoms with van der Waals surface area (Å²) in [5.74, 6) is 1.80. The Hall–Kier alpha value is -8.22. The molecular formula is C54H33N5O. The number of fused-ring (bicyclic) bond motifs is 8. The van der Waals surface area contributed by atoms with Crippen molar-refractivity contribution in [2.45, 2.75) is 0 Å². The molecule has 0 aliphatic carbocycles. The summed E-state index contributed by atoms with van der Waals surface area (Å²) in [5, 5.41) is 6.69. The monoisotopic (exact) mass is 767 g/mol. The van der Waals surface area contributed by atoms with Gasteiger partial charge in [0.25, 0.3) is 0 Å². The maximum absolute atomic E-state index is 6.28. The maximum Gasteiger partial charge on any atom is 0.228 e. The van der Waals surface area contributed by atoms with Crippen molar-refractivity contribution < 1.29 is 4.42 Å². The van der Waals surface area contributed by atoms with Gasteiger partial charge in [-0.25, -0.2) is 19.9 Å². The Balaban J connectivity index is 0.973. The van der Waals surface area contributed by atoms with E-state index < -0.39 is 0 Å². The van der Waals surface area contributed by atoms with Crippen molar-refractivity contribution in [3.05, 3.63) is 200 Å². The minimum atomic E-state index is 0.590. The summed E-state index contributed by atoms with van der Waals surface area (Å²) >= 11 is 0. The average molecular weight is 768 g/mol. The highest BCUT2D eigenvalue weighted by Crippen LogP contribution is 2.39. The van der Waals surface area contributed by atoms with Crippen LogP contribution in [0.1, 0.15) is 0 Å². The van der Waals surface area contributed by atoms with E-state index in [-0.39, 0.29) is 0 Å². The first-order valence-corrected chi connectivity index (χ1v) is 20.1. The number of pyridine rings is 1. The first-order valence-electron chi connectivity index (χ1n) is 20.1. The van der Waals surface area contributed by atoms with Gasteiger partial charge in [-0.05, 0) is 52.9 Å². The van der Waals surface area contributed by atoms with Crippen LogP contribution in [0.3, 0.4) is 0 Å². The summed E-state index contributed by atoms with van der Waals surface area (Å²) < 4.78 is 8.62. The van der Waals surface area contributed by atoms with Crippen LogP contribution in [0.5, 0.6) is 0 Å². The largest absolute Gasteiger partial charge is 0.438 e. The topological polar surface area (TPSA) is 69.6 Å². The fraction of sp³-hybridized carbons (Fsp3) is 0. The quantitative estimate of drug-likeness (QED) is 0.168. The maximum atomic E-state index is 6.28. The normalized spacial score (nSPS) is 11.7. The van der Waals surface area contributed by atoms with Crippen LogP contribution in [0.4, 0.5) is 0 Å². The van der Waals surface area contributed by atoms with Gasteiger partial charge < -0.3 is 8.98 Å². The van der Waals surface area contributed by atoms with Crippen LogP contribution in [0.2, 0.25) is 0 Å². The Kier molecular flexibility index (Phi) is 7.74. The van der Waals surface area contributed by atoms with Gasteiger partial charge in [0.05, 0.1) is 22.1 Å². The number of rotatable bonds is 6. The molecule has 6 nitrogen and oxygen atoms in total. The standard InChI is InChI=1S/C54H33N5O/c1-3-14-34(15-4-1)38-30-31-47-45(33-38)41-20-9-11-24-46(41)59(47)40-19-13-18-39(32-40)53-57-51(36-16-5-2-6-17-36)56-52(58-53)37-28-26-35(27-29-37)50-43-22-8-7-21-42(43)49-44-23-10-12-25-48(44)60-54(49)55-50/h1-33H. The van der Waals surface area contributed by atoms with E-state index in [4.69, 9.17) is 24.4 Å². The second kappa shape index (κ2) is 13.7. The molecule has 0 aliphatic heterocycles. The molecule has 0 N–H and O–H groups in total. The molecule has 12 rings (SSSR count). The molecule has 0 aliphatic rings. The molecule has 8 aromatic carbocycles. The van der Waals surface area contributed by atoms with E-state index in [0.717, 1.165) is 71.8 Å². The molecule has 0 atom stereocenters. The van der Waals surface area contributed by atoms with E-state index in [2.05, 4.69) is 156 Å². The van der Waals surface area contributed by atoms with Gasteiger partial charge in [0.1, 0.15) is 5.58 Å². The smallest absolute Gasteiger partial charge is 0.228 e. The zero-order valence-corrected chi connectivity index (χ0v) is 32.2. The second-order valence-electron chi connectivity index (χ2n) is 15.0. The molecule has 0 radical (unpaired) electrons. The third kappa shape index (κ3) is 5.57. The molecule has 60 heavy (non-hydrogen) atoms. The summed E-state index contributed by atoms with van der Waals surface area (Å²) in [7, 11) is 0. The van der Waals surface area contributed by atoms with E-state index in [1.165, 1.54) is 21.9 Å². The fourth-order valence-corrected chi connectivity index (χ4v) is 8.63. The second-order valence-corrected chi connectivity index (χ2v) is 15.0. The third-order valence-corrected chi connectivity index (χ3v) is 11.5. The predicted molar refractivity (Wildman–Crippen MR) is 244 cm³/mol. The van der Waals surface area contributed by atoms with Crippen molar-refractivity contribution in [2.24, 2.45) is 0 Å². The van der Waals surface area contributed by atoms with Crippen molar-refractivity contribution in [3.8, 4) is 62.2 Å². The highest BCUT2D eigenvalue weighted by molar-refractivity contribution is 6.20. The van der Waals surface area contributed by atoms with E-state index in [1.807, 2.05) is 48.5 Å². The van der Waals surface area contributed by atoms with Crippen molar-refractivity contribution in [1.82, 2.24) is 24.5 Å². The zero-order chi connectivity index (χ0) is 39.6. The van der Waals surface area contributed by atoms with Gasteiger partial charge in [-0.3, -0.25) is 0 Å². The molecule has 0 saturated heterocycles. The molecule has 0 unspecified atom stereocenters. The molecule has 0 fully saturated rings. The molecule has 12 aromatic rings. The number of furan rings is 1. The molecule has 0 saturated carbocycles. The third-order valence-electron chi connectivity index (χ3n) is 11.5. The van der Waals surface area contributed by atoms with Crippen molar-refractivity contribution in [2.75, 3.05) is 0 Å². The zero-order valence-electron chi connectivity index (χ0n) is 32.2. The number of hydrogen-bond acceptors (Lipinski definition) is 5. The summed E-state index contributed by atoms with van der Waals surface area (Å²) in [5.41, 5.74) is 11.7. The van der Waals surface area contributed by atoms with Crippen molar-refractivity contribution in [3.63, 3.8) is 0 Å². The first kappa shape index (κ1) is 33.9. The number of para-hydroxylation sites is 2. The van der Waals surface area contributed by atoms with Crippen LogP contribution in [0.25, 0.3) is 117 Å². The number of nitrogens with zero attached hydrogens (tertiary/aromatic N) is 5. The van der Waals surface area contributed by atoms with Gasteiger partial charge in [-0.2, -0.15) is 0 Å². The first-order chi connectivity index (χ1) is 29.7. The minimum Gasteiger partial charge on any atom is -0.438 e. The molecular weight excluding hydrogens is 735 g/mol. The van der Waals surface area contributed by atoms with Crippen LogP contribution in [-0.2, 0) is 0 Å². The summed E-state index contributed by atoms with van der Waals surface area (Å²) in [6.07, 6.45) is 0. The van der Waals surface area contributed by atoms with Crippen molar-refractivity contribution >= 4 is 54.6 Å². The Morgan fingerprint density at radius 2 is 0.883 bits per heavy atom. The molecule has 0 amide bonds. The van der Waals surface area contributed by atoms with E-state index in [1.54, 1.807) is 0 Å². The summed E-state index contributed by atoms with van der Waals surface area (Å²) in [6, 6.07) is 69.3. The lowest BCUT2D eigenvalue weighted by molar-refractivity contribution is 0.655. The molecule has 0 spiro atoms. The molecule has 4 heterocycles. The number of benzene rings is 8. The van der Waals surface area contributed by atoms with Gasteiger partial charge in [-0.1, -0.05) is 164 Å². The van der Waals surface area contributed by atoms with Crippen LogP contribution in [0.15, 0.2) is 205 Å². The minimum absolute atomic E-state index is 0.590. The Labute approximate surface area is 344 Å². The van der Waals surface area contributed by atoms with Gasteiger partial charge in [0.2, 0.25) is 5.71 Å². The lowest BCUT2D eigenvalue weighted by Crippen LogP contribution is -2.01. The SMILES string of the molecule is c1ccc(-c2ccc3c(c2)c2ccccc2n3-c2cccc(-c3nc(-c4ccccc4)nc(-c4ccc(-c5nc6oc7ccccc7c6c6ccccc56)cc4)n3)c2)cc1. The van der Waals surface area contributed by atoms with Crippen LogP contribution in [0, 0.1) is 0 Å². The Morgan fingerprint density at radius 1 is 0.333 bits per heavy atom. The molecule has 6 heteroatoms. The lowest BCUT2D eigenvalue weighted by Gasteiger charge is -2.12. The van der Waals surface area contributed by atoms with E-state index in [0.29, 0.717) is 23.2 Å². The van der Waals surface area contributed by atoms with Gasteiger partial charge >= 0.3 is 0 Å². The van der Waals surface area contributed by atoms with Crippen molar-refractivity contribution in [1.29, 1.82) is 0 Å². The Morgan fingerprint density at radius 3 is 1.65 bits per heavy atom. The highest BCUT2D eigenvalue weighted by atomic mass is 16.3. The van der Waals surface area contributed by atoms with Gasteiger partial charge in [0.15, 0.2) is 17.5 Å². The van der Waals surface area contributed by atoms with E-state index in [9.17, 15) is 0 Å². The number of hydrogen-bond donors (Lipinski definition) is 0. The highest BCUT2D eigenvalue weighted by Gasteiger charge is 2.19. The lowest BCUT2D eigenvalue weighted by atomic mass is 10.00. The number of aromatic nitrogens is 5. The summed E-state index contributed by atoms with van der Waals surface area (Å²) in [4.78, 5) is 20.4. The van der Waals surface area contributed by atoms with Crippen LogP contribution < -0.4 is 0 Å². The predicted octanol–water partition coefficient (Wildman–Crippen LogP) is 13.8. The van der Waals surface area contributed by atoms with E-state index >= 15 is 0 Å². The Bertz CT molecular complexity index is 3590. The van der Waals surface area contributed by atoms with Crippen LogP contribution in [-0.4, -0.2) is 24.5 Å².